The van der Waals surface area contributed by atoms with E-state index >= 15 is 0 Å². The maximum Gasteiger partial charge on any atom is 0.323 e. The Labute approximate surface area is 111 Å². The molecule has 1 unspecified atom stereocenters. The van der Waals surface area contributed by atoms with Crippen LogP contribution < -0.4 is 9.64 Å². The number of carbonyl (C=O) groups excluding carboxylic acids is 1. The quantitative estimate of drug-likeness (QED) is 0.903. The van der Waals surface area contributed by atoms with Crippen molar-refractivity contribution in [1.82, 2.24) is 0 Å². The van der Waals surface area contributed by atoms with Gasteiger partial charge in [-0.15, -0.1) is 0 Å². The number of carboxylic acid groups (broad SMARTS) is 1. The highest BCUT2D eigenvalue weighted by Gasteiger charge is 2.37. The van der Waals surface area contributed by atoms with Crippen molar-refractivity contribution in [2.75, 3.05) is 11.4 Å². The van der Waals surface area contributed by atoms with Crippen molar-refractivity contribution < 1.29 is 19.4 Å². The van der Waals surface area contributed by atoms with Gasteiger partial charge in [0.15, 0.2) is 6.10 Å². The summed E-state index contributed by atoms with van der Waals surface area (Å²) >= 11 is 0. The molecule has 5 nitrogen and oxygen atoms in total. The molecule has 2 rings (SSSR count). The number of benzene rings is 1. The highest BCUT2D eigenvalue weighted by atomic mass is 16.5. The second-order valence-corrected chi connectivity index (χ2v) is 5.07. The fraction of sp³-hybridized carbons (Fsp3) is 0.429. The number of rotatable bonds is 3. The summed E-state index contributed by atoms with van der Waals surface area (Å²) in [5.41, 5.74) is 1.48. The zero-order valence-electron chi connectivity index (χ0n) is 11.2. The number of carboxylic acids is 1. The Bertz CT molecular complexity index is 524. The predicted octanol–water partition coefficient (Wildman–Crippen LogP) is 1.83. The summed E-state index contributed by atoms with van der Waals surface area (Å²) in [7, 11) is 0. The van der Waals surface area contributed by atoms with E-state index in [0.717, 1.165) is 5.56 Å². The summed E-state index contributed by atoms with van der Waals surface area (Å²) in [6.45, 7) is 5.29. The van der Waals surface area contributed by atoms with Gasteiger partial charge in [-0.05, 0) is 30.5 Å². The van der Waals surface area contributed by atoms with E-state index in [9.17, 15) is 9.59 Å². The van der Waals surface area contributed by atoms with Crippen LogP contribution in [0.3, 0.4) is 0 Å². The van der Waals surface area contributed by atoms with Gasteiger partial charge in [0.05, 0.1) is 5.69 Å². The minimum absolute atomic E-state index is 0.0155. The molecule has 0 fully saturated rings. The highest BCUT2D eigenvalue weighted by Crippen LogP contribution is 2.36. The Morgan fingerprint density at radius 1 is 1.47 bits per heavy atom. The molecule has 1 aromatic rings. The summed E-state index contributed by atoms with van der Waals surface area (Å²) in [6.07, 6.45) is -0.630. The number of anilines is 1. The lowest BCUT2D eigenvalue weighted by Gasteiger charge is -2.35. The summed E-state index contributed by atoms with van der Waals surface area (Å²) in [5, 5.41) is 8.97. The molecule has 0 saturated carbocycles. The first-order valence-corrected chi connectivity index (χ1v) is 6.20. The lowest BCUT2D eigenvalue weighted by Crippen LogP contribution is -2.50. The number of nitrogens with zero attached hydrogens (tertiary/aromatic N) is 1. The standard InChI is InChI=1S/C14H17NO4/c1-8(2)13-14(18)15(7-12(16)17)10-6-9(3)4-5-11(10)19-13/h4-6,8,13H,7H2,1-3H3,(H,16,17). The van der Waals surface area contributed by atoms with Crippen LogP contribution in [0.25, 0.3) is 0 Å². The van der Waals surface area contributed by atoms with Gasteiger partial charge in [-0.2, -0.15) is 0 Å². The molecule has 1 N–H and O–H groups in total. The van der Waals surface area contributed by atoms with E-state index in [0.29, 0.717) is 11.4 Å². The molecule has 0 radical (unpaired) electrons. The molecule has 1 heterocycles. The third-order valence-corrected chi connectivity index (χ3v) is 3.07. The Morgan fingerprint density at radius 2 is 2.16 bits per heavy atom. The Morgan fingerprint density at radius 3 is 2.74 bits per heavy atom. The fourth-order valence-electron chi connectivity index (χ4n) is 2.12. The molecule has 1 aromatic carbocycles. The van der Waals surface area contributed by atoms with Crippen LogP contribution in [0.15, 0.2) is 18.2 Å². The van der Waals surface area contributed by atoms with Gasteiger partial charge in [-0.3, -0.25) is 14.5 Å². The number of aryl methyl sites for hydroxylation is 1. The van der Waals surface area contributed by atoms with Crippen molar-refractivity contribution >= 4 is 17.6 Å². The zero-order valence-corrected chi connectivity index (χ0v) is 11.2. The van der Waals surface area contributed by atoms with Crippen LogP contribution in [0.4, 0.5) is 5.69 Å². The lowest BCUT2D eigenvalue weighted by molar-refractivity contribution is -0.138. The smallest absolute Gasteiger partial charge is 0.323 e. The Hall–Kier alpha value is -2.04. The zero-order chi connectivity index (χ0) is 14.2. The molecule has 0 bridgehead atoms. The molecule has 1 amide bonds. The van der Waals surface area contributed by atoms with E-state index < -0.39 is 12.1 Å². The molecule has 5 heteroatoms. The SMILES string of the molecule is Cc1ccc2c(c1)N(CC(=O)O)C(=O)C(C(C)C)O2. The Kier molecular flexibility index (Phi) is 3.46. The van der Waals surface area contributed by atoms with Crippen molar-refractivity contribution in [3.8, 4) is 5.75 Å². The van der Waals surface area contributed by atoms with Crippen molar-refractivity contribution in [3.05, 3.63) is 23.8 Å². The monoisotopic (exact) mass is 263 g/mol. The molecule has 0 aromatic heterocycles. The predicted molar refractivity (Wildman–Crippen MR) is 70.4 cm³/mol. The van der Waals surface area contributed by atoms with Crippen molar-refractivity contribution in [1.29, 1.82) is 0 Å². The molecular weight excluding hydrogens is 246 g/mol. The summed E-state index contributed by atoms with van der Waals surface area (Å²) in [6, 6.07) is 5.43. The van der Waals surface area contributed by atoms with Gasteiger partial charge in [-0.25, -0.2) is 0 Å². The van der Waals surface area contributed by atoms with E-state index in [1.807, 2.05) is 26.8 Å². The maximum atomic E-state index is 12.3. The molecular formula is C14H17NO4. The van der Waals surface area contributed by atoms with Crippen LogP contribution in [0.5, 0.6) is 5.75 Å². The average Bonchev–Trinajstić information content (AvgIpc) is 2.32. The van der Waals surface area contributed by atoms with E-state index in [4.69, 9.17) is 9.84 Å². The van der Waals surface area contributed by atoms with Crippen LogP contribution in [0, 0.1) is 12.8 Å². The number of carbonyl (C=O) groups is 2. The van der Waals surface area contributed by atoms with Crippen molar-refractivity contribution in [2.45, 2.75) is 26.9 Å². The largest absolute Gasteiger partial charge is 0.480 e. The number of hydrogen-bond acceptors (Lipinski definition) is 3. The van der Waals surface area contributed by atoms with Gasteiger partial charge < -0.3 is 9.84 Å². The van der Waals surface area contributed by atoms with E-state index in [1.54, 1.807) is 12.1 Å². The molecule has 1 atom stereocenters. The van der Waals surface area contributed by atoms with Crippen LogP contribution in [-0.4, -0.2) is 29.6 Å². The van der Waals surface area contributed by atoms with Gasteiger partial charge in [0.1, 0.15) is 12.3 Å². The molecule has 1 aliphatic heterocycles. The van der Waals surface area contributed by atoms with E-state index in [1.165, 1.54) is 4.90 Å². The number of amides is 1. The molecule has 19 heavy (non-hydrogen) atoms. The third kappa shape index (κ3) is 2.54. The van der Waals surface area contributed by atoms with Gasteiger partial charge >= 0.3 is 5.97 Å². The second kappa shape index (κ2) is 4.91. The van der Waals surface area contributed by atoms with Gasteiger partial charge in [0.2, 0.25) is 0 Å². The fourth-order valence-corrected chi connectivity index (χ4v) is 2.12. The molecule has 1 aliphatic rings. The minimum Gasteiger partial charge on any atom is -0.480 e. The third-order valence-electron chi connectivity index (χ3n) is 3.07. The molecule has 0 spiro atoms. The number of fused-ring (bicyclic) bond motifs is 1. The summed E-state index contributed by atoms with van der Waals surface area (Å²) in [5.74, 6) is -0.788. The van der Waals surface area contributed by atoms with Crippen molar-refractivity contribution in [2.24, 2.45) is 5.92 Å². The van der Waals surface area contributed by atoms with E-state index in [-0.39, 0.29) is 18.4 Å². The molecule has 102 valence electrons. The average molecular weight is 263 g/mol. The number of aliphatic carboxylic acids is 1. The van der Waals surface area contributed by atoms with E-state index in [2.05, 4.69) is 0 Å². The number of ether oxygens (including phenoxy) is 1. The second-order valence-electron chi connectivity index (χ2n) is 5.07. The maximum absolute atomic E-state index is 12.3. The van der Waals surface area contributed by atoms with Gasteiger partial charge in [0, 0.05) is 0 Å². The number of hydrogen-bond donors (Lipinski definition) is 1. The topological polar surface area (TPSA) is 66.8 Å². The molecule has 0 saturated heterocycles. The molecule has 0 aliphatic carbocycles. The first kappa shape index (κ1) is 13.4. The van der Waals surface area contributed by atoms with Crippen LogP contribution in [0.1, 0.15) is 19.4 Å². The first-order chi connectivity index (χ1) is 8.90. The van der Waals surface area contributed by atoms with Gasteiger partial charge in [-0.1, -0.05) is 19.9 Å². The normalized spacial score (nSPS) is 18.2. The summed E-state index contributed by atoms with van der Waals surface area (Å²) < 4.78 is 5.69. The lowest BCUT2D eigenvalue weighted by atomic mass is 10.0. The van der Waals surface area contributed by atoms with Gasteiger partial charge in [0.25, 0.3) is 5.91 Å². The van der Waals surface area contributed by atoms with Crippen LogP contribution >= 0.6 is 0 Å². The Balaban J connectivity index is 2.47. The highest BCUT2D eigenvalue weighted by molar-refractivity contribution is 6.03. The minimum atomic E-state index is -1.04. The van der Waals surface area contributed by atoms with Crippen LogP contribution in [-0.2, 0) is 9.59 Å². The van der Waals surface area contributed by atoms with Crippen LogP contribution in [0.2, 0.25) is 0 Å². The first-order valence-electron chi connectivity index (χ1n) is 6.20. The van der Waals surface area contributed by atoms with Crippen molar-refractivity contribution in [3.63, 3.8) is 0 Å². The summed E-state index contributed by atoms with van der Waals surface area (Å²) in [4.78, 5) is 24.6.